The molecule has 2 nitrogen and oxygen atoms in total. The van der Waals surface area contributed by atoms with E-state index in [1.54, 1.807) is 0 Å². The Morgan fingerprint density at radius 3 is 2.75 bits per heavy atom. The van der Waals surface area contributed by atoms with Gasteiger partial charge in [-0.1, -0.05) is 42.8 Å². The topological polar surface area (TPSA) is 39.2 Å². The summed E-state index contributed by atoms with van der Waals surface area (Å²) in [4.78, 5) is 0. The number of fused-ring (bicyclic) bond motifs is 1. The fourth-order valence-electron chi connectivity index (χ4n) is 2.51. The zero-order valence-corrected chi connectivity index (χ0v) is 11.9. The normalized spacial score (nSPS) is 12.8. The molecule has 0 saturated heterocycles. The minimum absolute atomic E-state index is 0.214. The van der Waals surface area contributed by atoms with Crippen molar-refractivity contribution in [2.45, 2.75) is 26.3 Å². The second-order valence-corrected chi connectivity index (χ2v) is 5.27. The maximum Gasteiger partial charge on any atom is 0.134 e. The molecular weight excluding hydrogens is 246 g/mol. The fourth-order valence-corrected chi connectivity index (χ4v) is 2.51. The molecule has 102 valence electrons. The summed E-state index contributed by atoms with van der Waals surface area (Å²) in [5.74, 6) is 0.818. The quantitative estimate of drug-likeness (QED) is 0.764. The van der Waals surface area contributed by atoms with E-state index in [1.807, 2.05) is 12.1 Å². The highest BCUT2D eigenvalue weighted by atomic mass is 16.3. The first-order valence-corrected chi connectivity index (χ1v) is 7.02. The molecule has 3 rings (SSSR count). The Kier molecular flexibility index (Phi) is 3.33. The molecule has 3 aromatic rings. The van der Waals surface area contributed by atoms with Crippen LogP contribution in [0.15, 0.2) is 52.9 Å². The molecule has 0 aliphatic heterocycles. The first kappa shape index (κ1) is 12.9. The third-order valence-electron chi connectivity index (χ3n) is 3.72. The van der Waals surface area contributed by atoms with Crippen molar-refractivity contribution in [2.24, 2.45) is 5.73 Å². The van der Waals surface area contributed by atoms with Crippen LogP contribution in [0.1, 0.15) is 35.4 Å². The van der Waals surface area contributed by atoms with Gasteiger partial charge >= 0.3 is 0 Å². The molecule has 0 saturated carbocycles. The van der Waals surface area contributed by atoms with Gasteiger partial charge < -0.3 is 10.2 Å². The van der Waals surface area contributed by atoms with Crippen molar-refractivity contribution in [2.75, 3.05) is 0 Å². The number of hydrogen-bond donors (Lipinski definition) is 1. The van der Waals surface area contributed by atoms with Crippen molar-refractivity contribution >= 4 is 11.0 Å². The summed E-state index contributed by atoms with van der Waals surface area (Å²) in [6, 6.07) is 16.4. The van der Waals surface area contributed by atoms with Crippen LogP contribution >= 0.6 is 0 Å². The van der Waals surface area contributed by atoms with E-state index in [0.717, 1.165) is 28.7 Å². The molecule has 0 radical (unpaired) electrons. The van der Waals surface area contributed by atoms with Crippen molar-refractivity contribution in [3.63, 3.8) is 0 Å². The lowest BCUT2D eigenvalue weighted by molar-refractivity contribution is 0.525. The molecule has 0 fully saturated rings. The first-order valence-electron chi connectivity index (χ1n) is 7.02. The predicted molar refractivity (Wildman–Crippen MR) is 82.8 cm³/mol. The van der Waals surface area contributed by atoms with Gasteiger partial charge in [0, 0.05) is 5.39 Å². The largest absolute Gasteiger partial charge is 0.459 e. The summed E-state index contributed by atoms with van der Waals surface area (Å²) >= 11 is 0. The second kappa shape index (κ2) is 5.14. The lowest BCUT2D eigenvalue weighted by atomic mass is 10.0. The van der Waals surface area contributed by atoms with Crippen LogP contribution in [0.5, 0.6) is 0 Å². The highest BCUT2D eigenvalue weighted by molar-refractivity contribution is 5.78. The fraction of sp³-hybridized carbons (Fsp3) is 0.222. The molecule has 2 aromatic carbocycles. The average Bonchev–Trinajstić information content (AvgIpc) is 2.89. The minimum Gasteiger partial charge on any atom is -0.459 e. The Bertz CT molecular complexity index is 742. The molecule has 2 heteroatoms. The van der Waals surface area contributed by atoms with Gasteiger partial charge in [0.25, 0.3) is 0 Å². The van der Waals surface area contributed by atoms with Gasteiger partial charge in [0.1, 0.15) is 11.3 Å². The van der Waals surface area contributed by atoms with E-state index in [9.17, 15) is 0 Å². The maximum atomic E-state index is 6.35. The minimum atomic E-state index is -0.214. The van der Waals surface area contributed by atoms with Crippen LogP contribution < -0.4 is 5.73 Å². The van der Waals surface area contributed by atoms with Crippen LogP contribution in [0, 0.1) is 6.92 Å². The number of rotatable bonds is 3. The van der Waals surface area contributed by atoms with Crippen molar-refractivity contribution < 1.29 is 4.42 Å². The number of aryl methyl sites for hydroxylation is 2. The summed E-state index contributed by atoms with van der Waals surface area (Å²) in [7, 11) is 0. The predicted octanol–water partition coefficient (Wildman–Crippen LogP) is 4.35. The average molecular weight is 265 g/mol. The molecule has 0 spiro atoms. The van der Waals surface area contributed by atoms with Gasteiger partial charge in [-0.2, -0.15) is 0 Å². The Labute approximate surface area is 119 Å². The van der Waals surface area contributed by atoms with Gasteiger partial charge in [-0.15, -0.1) is 0 Å². The van der Waals surface area contributed by atoms with E-state index in [0.29, 0.717) is 0 Å². The summed E-state index contributed by atoms with van der Waals surface area (Å²) in [5.41, 5.74) is 10.9. The van der Waals surface area contributed by atoms with Crippen LogP contribution in [0.2, 0.25) is 0 Å². The Morgan fingerprint density at radius 2 is 1.95 bits per heavy atom. The molecule has 1 aromatic heterocycles. The van der Waals surface area contributed by atoms with Crippen LogP contribution in [0.3, 0.4) is 0 Å². The smallest absolute Gasteiger partial charge is 0.134 e. The van der Waals surface area contributed by atoms with E-state index in [4.69, 9.17) is 10.2 Å². The summed E-state index contributed by atoms with van der Waals surface area (Å²) in [6.07, 6.45) is 1.01. The molecule has 0 aliphatic carbocycles. The zero-order valence-electron chi connectivity index (χ0n) is 11.9. The standard InChI is InChI=1S/C18H19NO/c1-3-13-5-4-6-14(10-13)18(19)17-11-15-9-12(2)7-8-16(15)20-17/h4-11,18H,3,19H2,1-2H3. The molecule has 20 heavy (non-hydrogen) atoms. The molecule has 1 unspecified atom stereocenters. The van der Waals surface area contributed by atoms with Crippen LogP contribution in [0.25, 0.3) is 11.0 Å². The van der Waals surface area contributed by atoms with E-state index in [1.165, 1.54) is 11.1 Å². The molecule has 0 aliphatic rings. The summed E-state index contributed by atoms with van der Waals surface area (Å²) in [5, 5.41) is 1.11. The molecule has 0 bridgehead atoms. The Hall–Kier alpha value is -2.06. The maximum absolute atomic E-state index is 6.35. The van der Waals surface area contributed by atoms with Gasteiger partial charge in [0.2, 0.25) is 0 Å². The third-order valence-corrected chi connectivity index (χ3v) is 3.72. The van der Waals surface area contributed by atoms with E-state index in [-0.39, 0.29) is 6.04 Å². The monoisotopic (exact) mass is 265 g/mol. The Balaban J connectivity index is 2.00. The Morgan fingerprint density at radius 1 is 1.10 bits per heavy atom. The lowest BCUT2D eigenvalue weighted by Crippen LogP contribution is -2.11. The van der Waals surface area contributed by atoms with E-state index < -0.39 is 0 Å². The van der Waals surface area contributed by atoms with Gasteiger partial charge in [-0.05, 0) is 42.7 Å². The lowest BCUT2D eigenvalue weighted by Gasteiger charge is -2.10. The van der Waals surface area contributed by atoms with Crippen molar-refractivity contribution in [1.82, 2.24) is 0 Å². The van der Waals surface area contributed by atoms with Crippen LogP contribution in [-0.4, -0.2) is 0 Å². The molecular formula is C18H19NO. The highest BCUT2D eigenvalue weighted by Gasteiger charge is 2.14. The molecule has 0 amide bonds. The molecule has 1 heterocycles. The van der Waals surface area contributed by atoms with Gasteiger partial charge in [-0.25, -0.2) is 0 Å². The van der Waals surface area contributed by atoms with Gasteiger partial charge in [0.05, 0.1) is 6.04 Å². The number of benzene rings is 2. The zero-order chi connectivity index (χ0) is 14.1. The van der Waals surface area contributed by atoms with Crippen LogP contribution in [0.4, 0.5) is 0 Å². The number of nitrogens with two attached hydrogens (primary N) is 1. The third kappa shape index (κ3) is 2.35. The highest BCUT2D eigenvalue weighted by Crippen LogP contribution is 2.27. The van der Waals surface area contributed by atoms with Gasteiger partial charge in [-0.3, -0.25) is 0 Å². The van der Waals surface area contributed by atoms with Gasteiger partial charge in [0.15, 0.2) is 0 Å². The summed E-state index contributed by atoms with van der Waals surface area (Å²) < 4.78 is 5.89. The molecule has 1 atom stereocenters. The van der Waals surface area contributed by atoms with Crippen LogP contribution in [-0.2, 0) is 6.42 Å². The van der Waals surface area contributed by atoms with E-state index in [2.05, 4.69) is 50.2 Å². The second-order valence-electron chi connectivity index (χ2n) is 5.27. The SMILES string of the molecule is CCc1cccc(C(N)c2cc3cc(C)ccc3o2)c1. The summed E-state index contributed by atoms with van der Waals surface area (Å²) in [6.45, 7) is 4.23. The number of furan rings is 1. The van der Waals surface area contributed by atoms with Crippen molar-refractivity contribution in [3.05, 3.63) is 71.0 Å². The first-order chi connectivity index (χ1) is 9.67. The molecule has 2 N–H and O–H groups in total. The van der Waals surface area contributed by atoms with Crippen molar-refractivity contribution in [1.29, 1.82) is 0 Å². The van der Waals surface area contributed by atoms with E-state index >= 15 is 0 Å². The number of hydrogen-bond acceptors (Lipinski definition) is 2. The van der Waals surface area contributed by atoms with Crippen molar-refractivity contribution in [3.8, 4) is 0 Å².